The SMILES string of the molecule is Cn1cnc2cc(C(C)(N)CO)ccc21. The summed E-state index contributed by atoms with van der Waals surface area (Å²) in [5.74, 6) is 0. The van der Waals surface area contributed by atoms with Crippen LogP contribution in [0.4, 0.5) is 0 Å². The largest absolute Gasteiger partial charge is 0.394 e. The molecule has 0 aliphatic heterocycles. The fourth-order valence-corrected chi connectivity index (χ4v) is 1.58. The Morgan fingerprint density at radius 2 is 2.27 bits per heavy atom. The first-order valence-corrected chi connectivity index (χ1v) is 4.86. The van der Waals surface area contributed by atoms with Gasteiger partial charge in [-0.1, -0.05) is 6.07 Å². The van der Waals surface area contributed by atoms with E-state index in [0.717, 1.165) is 16.6 Å². The van der Waals surface area contributed by atoms with Crippen LogP contribution in [0.5, 0.6) is 0 Å². The number of aromatic nitrogens is 2. The highest BCUT2D eigenvalue weighted by Crippen LogP contribution is 2.21. The average Bonchev–Trinajstić information content (AvgIpc) is 2.60. The minimum Gasteiger partial charge on any atom is -0.394 e. The Labute approximate surface area is 88.3 Å². The molecule has 4 nitrogen and oxygen atoms in total. The van der Waals surface area contributed by atoms with Crippen LogP contribution in [-0.4, -0.2) is 21.3 Å². The molecule has 15 heavy (non-hydrogen) atoms. The number of aliphatic hydroxyl groups is 1. The highest BCUT2D eigenvalue weighted by molar-refractivity contribution is 5.76. The zero-order chi connectivity index (χ0) is 11.1. The summed E-state index contributed by atoms with van der Waals surface area (Å²) < 4.78 is 1.95. The Hall–Kier alpha value is -1.39. The molecule has 0 saturated carbocycles. The summed E-state index contributed by atoms with van der Waals surface area (Å²) in [6.45, 7) is 1.72. The lowest BCUT2D eigenvalue weighted by Gasteiger charge is -2.22. The minimum atomic E-state index is -0.703. The molecule has 0 saturated heterocycles. The van der Waals surface area contributed by atoms with Crippen molar-refractivity contribution in [2.75, 3.05) is 6.61 Å². The van der Waals surface area contributed by atoms with Gasteiger partial charge in [0.05, 0.1) is 29.5 Å². The third kappa shape index (κ3) is 1.62. The van der Waals surface area contributed by atoms with Gasteiger partial charge < -0.3 is 15.4 Å². The van der Waals surface area contributed by atoms with Crippen LogP contribution >= 0.6 is 0 Å². The number of rotatable bonds is 2. The Morgan fingerprint density at radius 1 is 1.53 bits per heavy atom. The van der Waals surface area contributed by atoms with Gasteiger partial charge in [-0.25, -0.2) is 4.98 Å². The molecule has 0 amide bonds. The molecule has 1 heterocycles. The fraction of sp³-hybridized carbons (Fsp3) is 0.364. The number of nitrogens with zero attached hydrogens (tertiary/aromatic N) is 2. The van der Waals surface area contributed by atoms with Gasteiger partial charge in [0.15, 0.2) is 0 Å². The maximum absolute atomic E-state index is 9.17. The van der Waals surface area contributed by atoms with Gasteiger partial charge in [0.2, 0.25) is 0 Å². The van der Waals surface area contributed by atoms with Crippen molar-refractivity contribution >= 4 is 11.0 Å². The predicted molar refractivity (Wildman–Crippen MR) is 59.3 cm³/mol. The van der Waals surface area contributed by atoms with E-state index in [0.29, 0.717) is 0 Å². The number of imidazole rings is 1. The number of benzene rings is 1. The first kappa shape index (κ1) is 10.1. The van der Waals surface area contributed by atoms with Crippen molar-refractivity contribution in [1.29, 1.82) is 0 Å². The van der Waals surface area contributed by atoms with Gasteiger partial charge >= 0.3 is 0 Å². The van der Waals surface area contributed by atoms with Crippen molar-refractivity contribution in [2.24, 2.45) is 12.8 Å². The first-order valence-electron chi connectivity index (χ1n) is 4.86. The van der Waals surface area contributed by atoms with E-state index in [-0.39, 0.29) is 6.61 Å². The molecule has 0 aliphatic rings. The lowest BCUT2D eigenvalue weighted by Crippen LogP contribution is -2.36. The molecule has 3 N–H and O–H groups in total. The highest BCUT2D eigenvalue weighted by Gasteiger charge is 2.20. The van der Waals surface area contributed by atoms with Crippen LogP contribution in [0, 0.1) is 0 Å². The topological polar surface area (TPSA) is 64.1 Å². The van der Waals surface area contributed by atoms with Crippen molar-refractivity contribution in [3.63, 3.8) is 0 Å². The van der Waals surface area contributed by atoms with E-state index in [9.17, 15) is 5.11 Å². The number of hydrogen-bond donors (Lipinski definition) is 2. The van der Waals surface area contributed by atoms with Crippen LogP contribution in [0.1, 0.15) is 12.5 Å². The Balaban J connectivity index is 2.57. The van der Waals surface area contributed by atoms with Crippen molar-refractivity contribution in [3.05, 3.63) is 30.1 Å². The normalized spacial score (nSPS) is 15.5. The first-order chi connectivity index (χ1) is 7.04. The molecule has 0 radical (unpaired) electrons. The molecule has 2 aromatic rings. The van der Waals surface area contributed by atoms with Crippen LogP contribution < -0.4 is 5.73 Å². The smallest absolute Gasteiger partial charge is 0.0955 e. The molecule has 1 unspecified atom stereocenters. The zero-order valence-corrected chi connectivity index (χ0v) is 8.94. The monoisotopic (exact) mass is 205 g/mol. The molecule has 1 atom stereocenters. The van der Waals surface area contributed by atoms with E-state index in [4.69, 9.17) is 5.73 Å². The third-order valence-electron chi connectivity index (χ3n) is 2.71. The van der Waals surface area contributed by atoms with Crippen molar-refractivity contribution in [1.82, 2.24) is 9.55 Å². The van der Waals surface area contributed by atoms with Gasteiger partial charge in [-0.05, 0) is 24.6 Å². The second kappa shape index (κ2) is 3.32. The van der Waals surface area contributed by atoms with Gasteiger partial charge in [0, 0.05) is 7.05 Å². The Kier molecular flexibility index (Phi) is 2.25. The number of fused-ring (bicyclic) bond motifs is 1. The maximum atomic E-state index is 9.17. The van der Waals surface area contributed by atoms with Crippen LogP contribution in [0.15, 0.2) is 24.5 Å². The van der Waals surface area contributed by atoms with E-state index in [1.54, 1.807) is 13.3 Å². The van der Waals surface area contributed by atoms with Crippen molar-refractivity contribution < 1.29 is 5.11 Å². The lowest BCUT2D eigenvalue weighted by molar-refractivity contribution is 0.210. The number of aryl methyl sites for hydroxylation is 1. The molecule has 0 aliphatic carbocycles. The van der Waals surface area contributed by atoms with Crippen LogP contribution in [0.25, 0.3) is 11.0 Å². The second-order valence-corrected chi connectivity index (χ2v) is 4.13. The molecule has 4 heteroatoms. The molecule has 0 bridgehead atoms. The summed E-state index contributed by atoms with van der Waals surface area (Å²) in [5, 5.41) is 9.17. The summed E-state index contributed by atoms with van der Waals surface area (Å²) in [4.78, 5) is 4.25. The summed E-state index contributed by atoms with van der Waals surface area (Å²) >= 11 is 0. The molecular formula is C11H15N3O. The van der Waals surface area contributed by atoms with Gasteiger partial charge in [-0.2, -0.15) is 0 Å². The zero-order valence-electron chi connectivity index (χ0n) is 8.94. The standard InChI is InChI=1S/C11H15N3O/c1-11(12,6-15)8-3-4-10-9(5-8)13-7-14(10)2/h3-5,7,15H,6,12H2,1-2H3. The van der Waals surface area contributed by atoms with Gasteiger partial charge in [-0.3, -0.25) is 0 Å². The summed E-state index contributed by atoms with van der Waals surface area (Å²) in [6, 6.07) is 5.82. The molecule has 1 aromatic carbocycles. The maximum Gasteiger partial charge on any atom is 0.0955 e. The van der Waals surface area contributed by atoms with E-state index < -0.39 is 5.54 Å². The van der Waals surface area contributed by atoms with E-state index in [2.05, 4.69) is 4.98 Å². The number of nitrogens with two attached hydrogens (primary N) is 1. The van der Waals surface area contributed by atoms with E-state index >= 15 is 0 Å². The van der Waals surface area contributed by atoms with Crippen molar-refractivity contribution in [2.45, 2.75) is 12.5 Å². The summed E-state index contributed by atoms with van der Waals surface area (Å²) in [5.41, 5.74) is 8.11. The summed E-state index contributed by atoms with van der Waals surface area (Å²) in [7, 11) is 1.95. The molecule has 0 fully saturated rings. The number of hydrogen-bond acceptors (Lipinski definition) is 3. The van der Waals surface area contributed by atoms with Gasteiger partial charge in [-0.15, -0.1) is 0 Å². The van der Waals surface area contributed by atoms with Crippen LogP contribution in [0.3, 0.4) is 0 Å². The Morgan fingerprint density at radius 3 is 2.93 bits per heavy atom. The highest BCUT2D eigenvalue weighted by atomic mass is 16.3. The van der Waals surface area contributed by atoms with E-state index in [1.165, 1.54) is 0 Å². The van der Waals surface area contributed by atoms with Gasteiger partial charge in [0.25, 0.3) is 0 Å². The third-order valence-corrected chi connectivity index (χ3v) is 2.71. The fourth-order valence-electron chi connectivity index (χ4n) is 1.58. The number of aliphatic hydroxyl groups excluding tert-OH is 1. The molecule has 80 valence electrons. The van der Waals surface area contributed by atoms with Crippen LogP contribution in [0.2, 0.25) is 0 Å². The second-order valence-electron chi connectivity index (χ2n) is 4.13. The molecular weight excluding hydrogens is 190 g/mol. The molecule has 2 rings (SSSR count). The lowest BCUT2D eigenvalue weighted by atomic mass is 9.94. The Bertz CT molecular complexity index is 488. The predicted octanol–water partition coefficient (Wildman–Crippen LogP) is 0.739. The summed E-state index contributed by atoms with van der Waals surface area (Å²) in [6.07, 6.45) is 1.77. The van der Waals surface area contributed by atoms with Crippen molar-refractivity contribution in [3.8, 4) is 0 Å². The molecule has 0 spiro atoms. The quantitative estimate of drug-likeness (QED) is 0.760. The van der Waals surface area contributed by atoms with Gasteiger partial charge in [0.1, 0.15) is 0 Å². The van der Waals surface area contributed by atoms with E-state index in [1.807, 2.05) is 29.8 Å². The van der Waals surface area contributed by atoms with Crippen LogP contribution in [-0.2, 0) is 12.6 Å². The average molecular weight is 205 g/mol. The molecule has 1 aromatic heterocycles. The minimum absolute atomic E-state index is 0.0780.